The molecule has 1 atom stereocenters. The van der Waals surface area contributed by atoms with Crippen LogP contribution in [-0.4, -0.2) is 16.8 Å². The molecule has 2 nitrogen and oxygen atoms in total. The summed E-state index contributed by atoms with van der Waals surface area (Å²) in [5.74, 6) is 0.772. The Morgan fingerprint density at radius 2 is 2.13 bits per heavy atom. The molecule has 2 heteroatoms. The first-order valence-corrected chi connectivity index (χ1v) is 5.48. The zero-order valence-electron chi connectivity index (χ0n) is 9.33. The molecule has 1 aromatic rings. The molecule has 0 spiro atoms. The number of benzene rings is 1. The van der Waals surface area contributed by atoms with Crippen LogP contribution in [0.3, 0.4) is 0 Å². The molecule has 0 saturated heterocycles. The topological polar surface area (TPSA) is 40.5 Å². The maximum absolute atomic E-state index is 9.73. The SMILES string of the molecule is CC(C)(CO)C1CCc2c(O)cccc21. The minimum Gasteiger partial charge on any atom is -0.508 e. The van der Waals surface area contributed by atoms with Gasteiger partial charge in [0.2, 0.25) is 0 Å². The average Bonchev–Trinajstić information content (AvgIpc) is 2.63. The summed E-state index contributed by atoms with van der Waals surface area (Å²) >= 11 is 0. The van der Waals surface area contributed by atoms with E-state index < -0.39 is 0 Å². The molecule has 0 amide bonds. The summed E-state index contributed by atoms with van der Waals surface area (Å²) in [6, 6.07) is 5.71. The molecular formula is C13H18O2. The molecule has 82 valence electrons. The lowest BCUT2D eigenvalue weighted by molar-refractivity contribution is 0.130. The minimum absolute atomic E-state index is 0.0982. The van der Waals surface area contributed by atoms with E-state index in [0.29, 0.717) is 11.7 Å². The van der Waals surface area contributed by atoms with Crippen LogP contribution >= 0.6 is 0 Å². The molecule has 0 aromatic heterocycles. The van der Waals surface area contributed by atoms with Gasteiger partial charge in [0.1, 0.15) is 5.75 Å². The van der Waals surface area contributed by atoms with Gasteiger partial charge in [-0.05, 0) is 41.4 Å². The number of hydrogen-bond donors (Lipinski definition) is 2. The van der Waals surface area contributed by atoms with Crippen LogP contribution in [0.4, 0.5) is 0 Å². The molecule has 2 rings (SSSR count). The van der Waals surface area contributed by atoms with Crippen molar-refractivity contribution in [2.45, 2.75) is 32.6 Å². The van der Waals surface area contributed by atoms with Crippen molar-refractivity contribution in [2.75, 3.05) is 6.61 Å². The van der Waals surface area contributed by atoms with Crippen LogP contribution in [0, 0.1) is 5.41 Å². The van der Waals surface area contributed by atoms with Gasteiger partial charge in [0, 0.05) is 6.61 Å². The van der Waals surface area contributed by atoms with Crippen LogP contribution in [-0.2, 0) is 6.42 Å². The van der Waals surface area contributed by atoms with Gasteiger partial charge in [-0.2, -0.15) is 0 Å². The fraction of sp³-hybridized carbons (Fsp3) is 0.538. The van der Waals surface area contributed by atoms with Crippen LogP contribution < -0.4 is 0 Å². The summed E-state index contributed by atoms with van der Waals surface area (Å²) < 4.78 is 0. The Hall–Kier alpha value is -1.02. The summed E-state index contributed by atoms with van der Waals surface area (Å²) in [6.07, 6.45) is 1.95. The molecule has 2 N–H and O–H groups in total. The summed E-state index contributed by atoms with van der Waals surface area (Å²) in [5.41, 5.74) is 2.19. The molecule has 1 aromatic carbocycles. The smallest absolute Gasteiger partial charge is 0.119 e. The van der Waals surface area contributed by atoms with Crippen molar-refractivity contribution in [3.05, 3.63) is 29.3 Å². The van der Waals surface area contributed by atoms with Crippen molar-refractivity contribution in [3.8, 4) is 5.75 Å². The molecule has 0 saturated carbocycles. The molecular weight excluding hydrogens is 188 g/mol. The second kappa shape index (κ2) is 3.53. The second-order valence-corrected chi connectivity index (χ2v) is 5.08. The van der Waals surface area contributed by atoms with Crippen molar-refractivity contribution in [2.24, 2.45) is 5.41 Å². The Balaban J connectivity index is 2.41. The number of phenols is 1. The van der Waals surface area contributed by atoms with Crippen LogP contribution in [0.5, 0.6) is 5.75 Å². The van der Waals surface area contributed by atoms with Gasteiger partial charge in [0.15, 0.2) is 0 Å². The number of phenolic OH excluding ortho intramolecular Hbond substituents is 1. The monoisotopic (exact) mass is 206 g/mol. The summed E-state index contributed by atoms with van der Waals surface area (Å²) in [7, 11) is 0. The van der Waals surface area contributed by atoms with E-state index in [-0.39, 0.29) is 12.0 Å². The Morgan fingerprint density at radius 1 is 1.40 bits per heavy atom. The molecule has 0 heterocycles. The first kappa shape index (κ1) is 10.5. The zero-order valence-corrected chi connectivity index (χ0v) is 9.33. The number of fused-ring (bicyclic) bond motifs is 1. The lowest BCUT2D eigenvalue weighted by Crippen LogP contribution is -2.24. The quantitative estimate of drug-likeness (QED) is 0.780. The highest BCUT2D eigenvalue weighted by Crippen LogP contribution is 2.46. The van der Waals surface area contributed by atoms with Crippen LogP contribution in [0.25, 0.3) is 0 Å². The zero-order chi connectivity index (χ0) is 11.1. The average molecular weight is 206 g/mol. The standard InChI is InChI=1S/C13H18O2/c1-13(2,8-14)11-7-6-10-9(11)4-3-5-12(10)15/h3-5,11,14-15H,6-8H2,1-2H3. The molecule has 0 radical (unpaired) electrons. The third kappa shape index (κ3) is 1.63. The Kier molecular flexibility index (Phi) is 2.47. The van der Waals surface area contributed by atoms with Crippen LogP contribution in [0.15, 0.2) is 18.2 Å². The molecule has 15 heavy (non-hydrogen) atoms. The molecule has 1 aliphatic carbocycles. The third-order valence-electron chi connectivity index (χ3n) is 3.60. The molecule has 1 aliphatic rings. The summed E-state index contributed by atoms with van der Waals surface area (Å²) in [5, 5.41) is 19.1. The van der Waals surface area contributed by atoms with Crippen LogP contribution in [0.1, 0.15) is 37.3 Å². The summed E-state index contributed by atoms with van der Waals surface area (Å²) in [6.45, 7) is 4.35. The van der Waals surface area contributed by atoms with Crippen molar-refractivity contribution in [1.82, 2.24) is 0 Å². The van der Waals surface area contributed by atoms with Gasteiger partial charge in [-0.15, -0.1) is 0 Å². The highest BCUT2D eigenvalue weighted by atomic mass is 16.3. The largest absolute Gasteiger partial charge is 0.508 e. The van der Waals surface area contributed by atoms with Gasteiger partial charge in [-0.25, -0.2) is 0 Å². The Bertz CT molecular complexity index is 369. The number of rotatable bonds is 2. The van der Waals surface area contributed by atoms with E-state index in [0.717, 1.165) is 18.4 Å². The van der Waals surface area contributed by atoms with Crippen LogP contribution in [0.2, 0.25) is 0 Å². The van der Waals surface area contributed by atoms with Gasteiger partial charge in [-0.3, -0.25) is 0 Å². The molecule has 0 aliphatic heterocycles. The second-order valence-electron chi connectivity index (χ2n) is 5.08. The van der Waals surface area contributed by atoms with E-state index in [2.05, 4.69) is 19.9 Å². The minimum atomic E-state index is -0.0982. The fourth-order valence-corrected chi connectivity index (χ4v) is 2.56. The highest BCUT2D eigenvalue weighted by Gasteiger charge is 2.35. The number of hydrogen-bond acceptors (Lipinski definition) is 2. The van der Waals surface area contributed by atoms with Crippen molar-refractivity contribution in [1.29, 1.82) is 0 Å². The number of aromatic hydroxyl groups is 1. The summed E-state index contributed by atoms with van der Waals surface area (Å²) in [4.78, 5) is 0. The van der Waals surface area contributed by atoms with E-state index in [1.54, 1.807) is 6.07 Å². The lowest BCUT2D eigenvalue weighted by Gasteiger charge is -2.30. The number of aliphatic hydroxyl groups excluding tert-OH is 1. The third-order valence-corrected chi connectivity index (χ3v) is 3.60. The van der Waals surface area contributed by atoms with E-state index in [4.69, 9.17) is 0 Å². The van der Waals surface area contributed by atoms with Crippen molar-refractivity contribution >= 4 is 0 Å². The van der Waals surface area contributed by atoms with E-state index in [9.17, 15) is 10.2 Å². The normalized spacial score (nSPS) is 20.3. The van der Waals surface area contributed by atoms with Crippen molar-refractivity contribution < 1.29 is 10.2 Å². The Labute approximate surface area is 90.6 Å². The fourth-order valence-electron chi connectivity index (χ4n) is 2.56. The highest BCUT2D eigenvalue weighted by molar-refractivity contribution is 5.45. The molecule has 0 fully saturated rings. The first-order valence-electron chi connectivity index (χ1n) is 5.48. The van der Waals surface area contributed by atoms with Gasteiger partial charge in [0.25, 0.3) is 0 Å². The predicted molar refractivity (Wildman–Crippen MR) is 60.0 cm³/mol. The lowest BCUT2D eigenvalue weighted by atomic mass is 9.76. The van der Waals surface area contributed by atoms with Gasteiger partial charge in [-0.1, -0.05) is 26.0 Å². The predicted octanol–water partition coefficient (Wildman–Crippen LogP) is 2.44. The van der Waals surface area contributed by atoms with E-state index >= 15 is 0 Å². The van der Waals surface area contributed by atoms with Gasteiger partial charge < -0.3 is 10.2 Å². The molecule has 0 bridgehead atoms. The van der Waals surface area contributed by atoms with Gasteiger partial charge in [0.05, 0.1) is 0 Å². The van der Waals surface area contributed by atoms with Crippen molar-refractivity contribution in [3.63, 3.8) is 0 Å². The Morgan fingerprint density at radius 3 is 2.80 bits per heavy atom. The number of aliphatic hydroxyl groups is 1. The maximum atomic E-state index is 9.73. The van der Waals surface area contributed by atoms with E-state index in [1.807, 2.05) is 6.07 Å². The van der Waals surface area contributed by atoms with Gasteiger partial charge >= 0.3 is 0 Å². The first-order chi connectivity index (χ1) is 7.06. The maximum Gasteiger partial charge on any atom is 0.119 e. The molecule has 1 unspecified atom stereocenters. The van der Waals surface area contributed by atoms with E-state index in [1.165, 1.54) is 5.56 Å².